The Morgan fingerprint density at radius 3 is 2.46 bits per heavy atom. The van der Waals surface area contributed by atoms with Gasteiger partial charge in [0.05, 0.1) is 10.6 Å². The number of hydrogen-bond donors (Lipinski definition) is 0. The molecule has 0 radical (unpaired) electrons. The Kier molecular flexibility index (Phi) is 5.19. The van der Waals surface area contributed by atoms with Crippen LogP contribution < -0.4 is 4.90 Å². The van der Waals surface area contributed by atoms with Gasteiger partial charge in [-0.2, -0.15) is 0 Å². The second-order valence-electron chi connectivity index (χ2n) is 6.47. The molecule has 3 rings (SSSR count). The van der Waals surface area contributed by atoms with Crippen molar-refractivity contribution in [1.29, 1.82) is 0 Å². The van der Waals surface area contributed by atoms with Crippen molar-refractivity contribution in [2.45, 2.75) is 26.2 Å². The van der Waals surface area contributed by atoms with Gasteiger partial charge in [0.2, 0.25) is 0 Å². The Morgan fingerprint density at radius 1 is 1.21 bits per heavy atom. The van der Waals surface area contributed by atoms with Gasteiger partial charge < -0.3 is 4.90 Å². The molecule has 126 valence electrons. The molecule has 5 heteroatoms. The summed E-state index contributed by atoms with van der Waals surface area (Å²) < 4.78 is 0.815. The van der Waals surface area contributed by atoms with Gasteiger partial charge in [0.15, 0.2) is 0 Å². The molecule has 0 spiro atoms. The van der Waals surface area contributed by atoms with Gasteiger partial charge in [-0.3, -0.25) is 10.1 Å². The summed E-state index contributed by atoms with van der Waals surface area (Å²) in [6.45, 7) is 3.94. The number of non-ortho nitro benzene ring substituents is 1. The van der Waals surface area contributed by atoms with Gasteiger partial charge in [-0.15, -0.1) is 0 Å². The summed E-state index contributed by atoms with van der Waals surface area (Å²) in [7, 11) is 0. The number of halogens is 1. The molecule has 0 saturated carbocycles. The SMILES string of the molecule is Cc1cc([N+](=O)[O-])cc(Br)c1N1CCC(Cc2ccccc2)CC1. The molecule has 1 aliphatic heterocycles. The third-order valence-electron chi connectivity index (χ3n) is 4.75. The van der Waals surface area contributed by atoms with Crippen LogP contribution >= 0.6 is 15.9 Å². The first-order chi connectivity index (χ1) is 11.5. The Labute approximate surface area is 150 Å². The molecule has 1 heterocycles. The normalized spacial score (nSPS) is 15.5. The van der Waals surface area contributed by atoms with E-state index < -0.39 is 0 Å². The number of rotatable bonds is 4. The molecule has 24 heavy (non-hydrogen) atoms. The molecule has 0 atom stereocenters. The molecule has 2 aromatic carbocycles. The maximum Gasteiger partial charge on any atom is 0.270 e. The standard InChI is InChI=1S/C19H21BrN2O2/c1-14-11-17(22(23)24)13-18(20)19(14)21-9-7-16(8-10-21)12-15-5-3-2-4-6-15/h2-6,11,13,16H,7-10,12H2,1H3. The Bertz CT molecular complexity index is 702. The predicted molar refractivity (Wildman–Crippen MR) is 101 cm³/mol. The molecular formula is C19H21BrN2O2. The summed E-state index contributed by atoms with van der Waals surface area (Å²) in [6, 6.07) is 13.9. The zero-order valence-corrected chi connectivity index (χ0v) is 15.3. The molecule has 0 aromatic heterocycles. The third-order valence-corrected chi connectivity index (χ3v) is 5.35. The van der Waals surface area contributed by atoms with Crippen LogP contribution in [0.1, 0.15) is 24.0 Å². The minimum atomic E-state index is -0.340. The van der Waals surface area contributed by atoms with E-state index in [2.05, 4.69) is 51.2 Å². The minimum absolute atomic E-state index is 0.141. The fourth-order valence-corrected chi connectivity index (χ4v) is 4.33. The van der Waals surface area contributed by atoms with Gasteiger partial charge >= 0.3 is 0 Å². The highest BCUT2D eigenvalue weighted by atomic mass is 79.9. The van der Waals surface area contributed by atoms with Gasteiger partial charge in [-0.05, 0) is 59.2 Å². The number of benzene rings is 2. The highest BCUT2D eigenvalue weighted by molar-refractivity contribution is 9.10. The quantitative estimate of drug-likeness (QED) is 0.538. The summed E-state index contributed by atoms with van der Waals surface area (Å²) in [5.74, 6) is 0.709. The van der Waals surface area contributed by atoms with E-state index >= 15 is 0 Å². The first-order valence-electron chi connectivity index (χ1n) is 8.28. The molecule has 4 nitrogen and oxygen atoms in total. The smallest absolute Gasteiger partial charge is 0.270 e. The van der Waals surface area contributed by atoms with E-state index in [0.717, 1.165) is 48.1 Å². The van der Waals surface area contributed by atoms with Gasteiger partial charge in [0, 0.05) is 29.7 Å². The van der Waals surface area contributed by atoms with Crippen LogP contribution in [-0.2, 0) is 6.42 Å². The lowest BCUT2D eigenvalue weighted by Gasteiger charge is -2.35. The van der Waals surface area contributed by atoms with Crippen LogP contribution in [0.4, 0.5) is 11.4 Å². The number of nitrogens with zero attached hydrogens (tertiary/aromatic N) is 2. The first-order valence-corrected chi connectivity index (χ1v) is 9.07. The summed E-state index contributed by atoms with van der Waals surface area (Å²) in [4.78, 5) is 13.0. The molecule has 2 aromatic rings. The lowest BCUT2D eigenvalue weighted by molar-refractivity contribution is -0.385. The molecule has 0 amide bonds. The predicted octanol–water partition coefficient (Wildman–Crippen LogP) is 5.12. The van der Waals surface area contributed by atoms with Crippen molar-refractivity contribution >= 4 is 27.3 Å². The van der Waals surface area contributed by atoms with Crippen LogP contribution in [-0.4, -0.2) is 18.0 Å². The van der Waals surface area contributed by atoms with Crippen molar-refractivity contribution in [2.24, 2.45) is 5.92 Å². The maximum atomic E-state index is 11.0. The van der Waals surface area contributed by atoms with Crippen LogP contribution in [0.15, 0.2) is 46.9 Å². The van der Waals surface area contributed by atoms with Crippen LogP contribution in [0.25, 0.3) is 0 Å². The van der Waals surface area contributed by atoms with Gasteiger partial charge in [-0.25, -0.2) is 0 Å². The van der Waals surface area contributed by atoms with Crippen LogP contribution in [0.2, 0.25) is 0 Å². The maximum absolute atomic E-state index is 11.0. The molecule has 1 aliphatic rings. The van der Waals surface area contributed by atoms with Crippen molar-refractivity contribution in [3.05, 3.63) is 68.2 Å². The summed E-state index contributed by atoms with van der Waals surface area (Å²) in [5.41, 5.74) is 3.60. The molecule has 1 saturated heterocycles. The third kappa shape index (κ3) is 3.78. The number of hydrogen-bond acceptors (Lipinski definition) is 3. The van der Waals surface area contributed by atoms with Crippen molar-refractivity contribution in [3.63, 3.8) is 0 Å². The monoisotopic (exact) mass is 388 g/mol. The van der Waals surface area contributed by atoms with E-state index in [1.54, 1.807) is 12.1 Å². The van der Waals surface area contributed by atoms with Crippen LogP contribution in [0.3, 0.4) is 0 Å². The Morgan fingerprint density at radius 2 is 1.88 bits per heavy atom. The summed E-state index contributed by atoms with van der Waals surface area (Å²) in [5, 5.41) is 11.0. The molecule has 0 aliphatic carbocycles. The molecule has 1 fully saturated rings. The lowest BCUT2D eigenvalue weighted by Crippen LogP contribution is -2.35. The number of aryl methyl sites for hydroxylation is 1. The molecule has 0 bridgehead atoms. The molecular weight excluding hydrogens is 368 g/mol. The number of nitro groups is 1. The van der Waals surface area contributed by atoms with E-state index in [0.29, 0.717) is 5.92 Å². The second-order valence-corrected chi connectivity index (χ2v) is 7.32. The highest BCUT2D eigenvalue weighted by Crippen LogP contribution is 2.36. The number of anilines is 1. The zero-order valence-electron chi connectivity index (χ0n) is 13.7. The van der Waals surface area contributed by atoms with E-state index in [9.17, 15) is 10.1 Å². The van der Waals surface area contributed by atoms with Gasteiger partial charge in [0.25, 0.3) is 5.69 Å². The summed E-state index contributed by atoms with van der Waals surface area (Å²) >= 11 is 3.52. The Balaban J connectivity index is 1.67. The van der Waals surface area contributed by atoms with E-state index in [1.807, 2.05) is 6.92 Å². The van der Waals surface area contributed by atoms with E-state index in [4.69, 9.17) is 0 Å². The number of piperidine rings is 1. The summed E-state index contributed by atoms with van der Waals surface area (Å²) in [6.07, 6.45) is 3.44. The van der Waals surface area contributed by atoms with Crippen molar-refractivity contribution in [3.8, 4) is 0 Å². The van der Waals surface area contributed by atoms with E-state index in [-0.39, 0.29) is 10.6 Å². The van der Waals surface area contributed by atoms with Crippen molar-refractivity contribution in [1.82, 2.24) is 0 Å². The average molecular weight is 389 g/mol. The number of nitro benzene ring substituents is 1. The average Bonchev–Trinajstić information content (AvgIpc) is 2.56. The van der Waals surface area contributed by atoms with Crippen LogP contribution in [0, 0.1) is 23.0 Å². The zero-order chi connectivity index (χ0) is 17.1. The minimum Gasteiger partial charge on any atom is -0.370 e. The first kappa shape index (κ1) is 17.0. The Hall–Kier alpha value is -1.88. The topological polar surface area (TPSA) is 46.4 Å². The van der Waals surface area contributed by atoms with Gasteiger partial charge in [0.1, 0.15) is 0 Å². The molecule has 0 unspecified atom stereocenters. The largest absolute Gasteiger partial charge is 0.370 e. The van der Waals surface area contributed by atoms with Crippen molar-refractivity contribution < 1.29 is 4.92 Å². The fraction of sp³-hybridized carbons (Fsp3) is 0.368. The highest BCUT2D eigenvalue weighted by Gasteiger charge is 2.23. The van der Waals surface area contributed by atoms with Gasteiger partial charge in [-0.1, -0.05) is 30.3 Å². The lowest BCUT2D eigenvalue weighted by atomic mass is 9.90. The molecule has 0 N–H and O–H groups in total. The van der Waals surface area contributed by atoms with Crippen molar-refractivity contribution in [2.75, 3.05) is 18.0 Å². The second kappa shape index (κ2) is 7.34. The fourth-order valence-electron chi connectivity index (χ4n) is 3.53. The van der Waals surface area contributed by atoms with E-state index in [1.165, 1.54) is 5.56 Å². The van der Waals surface area contributed by atoms with Crippen LogP contribution in [0.5, 0.6) is 0 Å².